The molecule has 32 heavy (non-hydrogen) atoms. The lowest BCUT2D eigenvalue weighted by molar-refractivity contribution is -0.132. The van der Waals surface area contributed by atoms with Gasteiger partial charge in [-0.1, -0.05) is 12.1 Å². The fourth-order valence-corrected chi connectivity index (χ4v) is 7.15. The topological polar surface area (TPSA) is 76.1 Å². The van der Waals surface area contributed by atoms with Crippen molar-refractivity contribution in [2.24, 2.45) is 0 Å². The molecule has 7 nitrogen and oxygen atoms in total. The minimum atomic E-state index is -3.42. The van der Waals surface area contributed by atoms with Gasteiger partial charge in [0.05, 0.1) is 13.0 Å². The number of para-hydroxylation sites is 2. The van der Waals surface area contributed by atoms with E-state index in [4.69, 9.17) is 9.47 Å². The molecule has 0 N–H and O–H groups in total. The summed E-state index contributed by atoms with van der Waals surface area (Å²) in [5, 5.41) is 0. The Hall–Kier alpha value is -2.10. The first kappa shape index (κ1) is 23.1. The van der Waals surface area contributed by atoms with Crippen LogP contribution in [-0.4, -0.2) is 62.4 Å². The number of likely N-dealkylation sites (tertiary alicyclic amines) is 1. The molecule has 0 saturated carbocycles. The second kappa shape index (κ2) is 10.2. The molecule has 1 aromatic heterocycles. The summed E-state index contributed by atoms with van der Waals surface area (Å²) >= 11 is 1.21. The molecule has 0 radical (unpaired) electrons. The number of piperidine rings is 1. The van der Waals surface area contributed by atoms with Crippen LogP contribution in [0.15, 0.2) is 40.6 Å². The number of ether oxygens (including phenoxy) is 2. The van der Waals surface area contributed by atoms with Crippen molar-refractivity contribution in [3.63, 3.8) is 0 Å². The Morgan fingerprint density at radius 2 is 1.72 bits per heavy atom. The van der Waals surface area contributed by atoms with E-state index in [0.717, 1.165) is 42.1 Å². The molecule has 9 heteroatoms. The van der Waals surface area contributed by atoms with Gasteiger partial charge in [-0.2, -0.15) is 4.31 Å². The lowest BCUT2D eigenvalue weighted by Gasteiger charge is -2.32. The molecule has 174 valence electrons. The summed E-state index contributed by atoms with van der Waals surface area (Å²) in [7, 11) is -3.42. The Bertz CT molecular complexity index is 1020. The van der Waals surface area contributed by atoms with E-state index < -0.39 is 10.0 Å². The molecule has 2 fully saturated rings. The van der Waals surface area contributed by atoms with E-state index in [-0.39, 0.29) is 18.4 Å². The summed E-state index contributed by atoms with van der Waals surface area (Å²) in [4.78, 5) is 15.4. The summed E-state index contributed by atoms with van der Waals surface area (Å²) in [6.07, 6.45) is 3.61. The van der Waals surface area contributed by atoms with E-state index in [1.807, 2.05) is 36.1 Å². The number of thiophene rings is 1. The van der Waals surface area contributed by atoms with Crippen LogP contribution >= 0.6 is 11.3 Å². The number of hydrogen-bond acceptors (Lipinski definition) is 6. The number of carbonyl (C=O) groups is 1. The van der Waals surface area contributed by atoms with E-state index in [9.17, 15) is 13.2 Å². The summed E-state index contributed by atoms with van der Waals surface area (Å²) < 4.78 is 39.1. The van der Waals surface area contributed by atoms with E-state index in [0.29, 0.717) is 37.0 Å². The molecule has 2 aliphatic heterocycles. The molecule has 0 bridgehead atoms. The number of amides is 1. The zero-order valence-electron chi connectivity index (χ0n) is 18.4. The Kier molecular flexibility index (Phi) is 7.37. The second-order valence-corrected chi connectivity index (χ2v) is 11.4. The lowest BCUT2D eigenvalue weighted by atomic mass is 10.1. The van der Waals surface area contributed by atoms with Crippen molar-refractivity contribution in [1.82, 2.24) is 9.21 Å². The van der Waals surface area contributed by atoms with Crippen molar-refractivity contribution in [2.75, 3.05) is 32.8 Å². The first-order valence-electron chi connectivity index (χ1n) is 11.2. The van der Waals surface area contributed by atoms with E-state index in [2.05, 4.69) is 0 Å². The minimum Gasteiger partial charge on any atom is -0.490 e. The van der Waals surface area contributed by atoms with Crippen LogP contribution in [0.25, 0.3) is 0 Å². The van der Waals surface area contributed by atoms with Gasteiger partial charge in [0, 0.05) is 43.9 Å². The highest BCUT2D eigenvalue weighted by atomic mass is 32.2. The Balaban J connectivity index is 1.29. The van der Waals surface area contributed by atoms with Gasteiger partial charge in [0.2, 0.25) is 5.91 Å². The average molecular weight is 479 g/mol. The predicted octanol–water partition coefficient (Wildman–Crippen LogP) is 3.54. The van der Waals surface area contributed by atoms with Gasteiger partial charge in [-0.3, -0.25) is 4.79 Å². The third-order valence-electron chi connectivity index (χ3n) is 5.86. The molecule has 0 atom stereocenters. The molecule has 1 aromatic carbocycles. The number of rotatable bonds is 8. The van der Waals surface area contributed by atoms with Crippen LogP contribution in [0.2, 0.25) is 0 Å². The van der Waals surface area contributed by atoms with Gasteiger partial charge in [-0.25, -0.2) is 8.42 Å². The third-order valence-corrected chi connectivity index (χ3v) is 9.31. The Labute approximate surface area is 194 Å². The molecule has 2 aromatic rings. The van der Waals surface area contributed by atoms with Crippen LogP contribution in [0.3, 0.4) is 0 Å². The molecule has 3 heterocycles. The lowest BCUT2D eigenvalue weighted by Crippen LogP contribution is -2.42. The zero-order chi connectivity index (χ0) is 22.6. The molecule has 0 unspecified atom stereocenters. The summed E-state index contributed by atoms with van der Waals surface area (Å²) in [6, 6.07) is 11.1. The van der Waals surface area contributed by atoms with Crippen LogP contribution < -0.4 is 9.47 Å². The Morgan fingerprint density at radius 3 is 2.41 bits per heavy atom. The highest BCUT2D eigenvalue weighted by Gasteiger charge is 2.29. The van der Waals surface area contributed by atoms with Crippen molar-refractivity contribution >= 4 is 27.3 Å². The molecule has 2 aliphatic rings. The van der Waals surface area contributed by atoms with E-state index in [1.165, 1.54) is 11.3 Å². The first-order valence-corrected chi connectivity index (χ1v) is 13.5. The van der Waals surface area contributed by atoms with Gasteiger partial charge in [0.25, 0.3) is 10.0 Å². The maximum Gasteiger partial charge on any atom is 0.252 e. The maximum atomic E-state index is 12.8. The molecule has 2 saturated heterocycles. The maximum absolute atomic E-state index is 12.8. The average Bonchev–Trinajstić information content (AvgIpc) is 3.49. The molecular formula is C23H30N2O5S2. The van der Waals surface area contributed by atoms with Crippen molar-refractivity contribution < 1.29 is 22.7 Å². The highest BCUT2D eigenvalue weighted by molar-refractivity contribution is 7.91. The molecule has 4 rings (SSSR count). The minimum absolute atomic E-state index is 0.0325. The van der Waals surface area contributed by atoms with Crippen molar-refractivity contribution in [3.8, 4) is 11.5 Å². The van der Waals surface area contributed by atoms with Crippen LogP contribution in [0.4, 0.5) is 0 Å². The molecule has 1 amide bonds. The predicted molar refractivity (Wildman–Crippen MR) is 124 cm³/mol. The normalized spacial score (nSPS) is 18.1. The summed E-state index contributed by atoms with van der Waals surface area (Å²) in [6.45, 7) is 4.95. The molecule has 0 aliphatic carbocycles. The second-order valence-electron chi connectivity index (χ2n) is 8.09. The Morgan fingerprint density at radius 1 is 1.03 bits per heavy atom. The molecular weight excluding hydrogens is 448 g/mol. The summed E-state index contributed by atoms with van der Waals surface area (Å²) in [5.41, 5.74) is 0. The number of nitrogens with zero attached hydrogens (tertiary/aromatic N) is 2. The standard InChI is InChI=1S/C23H30N2O5S2/c1-2-29-20-7-3-4-8-21(20)30-18-11-15-24(16-12-18)22(26)17-19-9-10-23(31-19)32(27,28)25-13-5-6-14-25/h3-4,7-10,18H,2,5-6,11-17H2,1H3. The van der Waals surface area contributed by atoms with E-state index >= 15 is 0 Å². The number of hydrogen-bond donors (Lipinski definition) is 0. The fourth-order valence-electron chi connectivity index (χ4n) is 4.13. The third kappa shape index (κ3) is 5.27. The largest absolute Gasteiger partial charge is 0.490 e. The van der Waals surface area contributed by atoms with Gasteiger partial charge >= 0.3 is 0 Å². The van der Waals surface area contributed by atoms with E-state index in [1.54, 1.807) is 16.4 Å². The van der Waals surface area contributed by atoms with Gasteiger partial charge in [0.15, 0.2) is 11.5 Å². The van der Waals surface area contributed by atoms with Crippen LogP contribution in [0, 0.1) is 0 Å². The van der Waals surface area contributed by atoms with Crippen LogP contribution in [0.5, 0.6) is 11.5 Å². The smallest absolute Gasteiger partial charge is 0.252 e. The van der Waals surface area contributed by atoms with Gasteiger partial charge in [0.1, 0.15) is 10.3 Å². The monoisotopic (exact) mass is 478 g/mol. The van der Waals surface area contributed by atoms with Gasteiger partial charge in [-0.05, 0) is 44.0 Å². The van der Waals surface area contributed by atoms with Gasteiger partial charge < -0.3 is 14.4 Å². The highest BCUT2D eigenvalue weighted by Crippen LogP contribution is 2.30. The van der Waals surface area contributed by atoms with Crippen LogP contribution in [0.1, 0.15) is 37.5 Å². The summed E-state index contributed by atoms with van der Waals surface area (Å²) in [5.74, 6) is 1.51. The molecule has 0 spiro atoms. The van der Waals surface area contributed by atoms with Crippen LogP contribution in [-0.2, 0) is 21.2 Å². The zero-order valence-corrected chi connectivity index (χ0v) is 20.0. The number of benzene rings is 1. The number of sulfonamides is 1. The van der Waals surface area contributed by atoms with Crippen molar-refractivity contribution in [1.29, 1.82) is 0 Å². The quantitative estimate of drug-likeness (QED) is 0.580. The van der Waals surface area contributed by atoms with Gasteiger partial charge in [-0.15, -0.1) is 11.3 Å². The SMILES string of the molecule is CCOc1ccccc1OC1CCN(C(=O)Cc2ccc(S(=O)(=O)N3CCCC3)s2)CC1. The van der Waals surface area contributed by atoms with Crippen molar-refractivity contribution in [2.45, 2.75) is 49.3 Å². The fraction of sp³-hybridized carbons (Fsp3) is 0.522. The first-order chi connectivity index (χ1) is 15.5. The number of carbonyl (C=O) groups excluding carboxylic acids is 1. The van der Waals surface area contributed by atoms with Crippen molar-refractivity contribution in [3.05, 3.63) is 41.3 Å².